The van der Waals surface area contributed by atoms with Crippen LogP contribution in [-0.4, -0.2) is 46.5 Å². The molecule has 0 saturated carbocycles. The van der Waals surface area contributed by atoms with E-state index in [1.807, 2.05) is 34.8 Å². The summed E-state index contributed by atoms with van der Waals surface area (Å²) in [6, 6.07) is 3.71. The highest BCUT2D eigenvalue weighted by Crippen LogP contribution is 2.28. The zero-order valence-electron chi connectivity index (χ0n) is 14.5. The van der Waals surface area contributed by atoms with Crippen LogP contribution in [0.1, 0.15) is 29.2 Å². The number of hydrogen-bond donors (Lipinski definition) is 1. The summed E-state index contributed by atoms with van der Waals surface area (Å²) in [7, 11) is 1.97. The molecule has 0 radical (unpaired) electrons. The Labute approximate surface area is 152 Å². The van der Waals surface area contributed by atoms with E-state index >= 15 is 0 Å². The first-order chi connectivity index (χ1) is 12.2. The third-order valence-electron chi connectivity index (χ3n) is 5.30. The van der Waals surface area contributed by atoms with Crippen LogP contribution in [0.25, 0.3) is 0 Å². The van der Waals surface area contributed by atoms with Crippen LogP contribution in [-0.2, 0) is 12.8 Å². The largest absolute Gasteiger partial charge is 0.455 e. The number of nitrogens with one attached hydrogen (secondary N) is 1. The molecule has 0 unspecified atom stereocenters. The normalized spacial score (nSPS) is 23.5. The Morgan fingerprint density at radius 2 is 2.08 bits per heavy atom. The highest BCUT2D eigenvalue weighted by Gasteiger charge is 2.32. The Morgan fingerprint density at radius 3 is 2.76 bits per heavy atom. The fraction of sp³-hybridized carbons (Fsp3) is 0.556. The Morgan fingerprint density at radius 1 is 1.32 bits per heavy atom. The minimum absolute atomic E-state index is 0.0289. The van der Waals surface area contributed by atoms with Gasteiger partial charge in [-0.15, -0.1) is 0 Å². The van der Waals surface area contributed by atoms with Gasteiger partial charge in [-0.2, -0.15) is 0 Å². The molecule has 2 fully saturated rings. The van der Waals surface area contributed by atoms with Crippen molar-refractivity contribution in [2.75, 3.05) is 26.2 Å². The molecule has 134 valence electrons. The third kappa shape index (κ3) is 3.62. The van der Waals surface area contributed by atoms with E-state index in [-0.39, 0.29) is 5.91 Å². The maximum atomic E-state index is 12.8. The molecule has 2 aromatic rings. The van der Waals surface area contributed by atoms with Crippen molar-refractivity contribution in [1.82, 2.24) is 19.8 Å². The molecule has 0 spiro atoms. The van der Waals surface area contributed by atoms with Crippen molar-refractivity contribution in [2.45, 2.75) is 23.8 Å². The smallest absolute Gasteiger partial charge is 0.289 e. The van der Waals surface area contributed by atoms with Crippen LogP contribution in [0.5, 0.6) is 0 Å². The summed E-state index contributed by atoms with van der Waals surface area (Å²) in [5.41, 5.74) is 0. The number of nitrogens with zero attached hydrogens (tertiary/aromatic N) is 3. The molecule has 4 heterocycles. The van der Waals surface area contributed by atoms with Crippen molar-refractivity contribution >= 4 is 17.7 Å². The van der Waals surface area contributed by atoms with Gasteiger partial charge in [-0.3, -0.25) is 4.79 Å². The van der Waals surface area contributed by atoms with Crippen LogP contribution in [0.4, 0.5) is 0 Å². The Hall–Kier alpha value is -1.73. The van der Waals surface area contributed by atoms with E-state index in [1.165, 1.54) is 0 Å². The molecule has 2 aliphatic rings. The van der Waals surface area contributed by atoms with Crippen LogP contribution in [0.2, 0.25) is 0 Å². The number of likely N-dealkylation sites (tertiary alicyclic amines) is 1. The maximum absolute atomic E-state index is 12.8. The van der Waals surface area contributed by atoms with E-state index in [4.69, 9.17) is 4.42 Å². The summed E-state index contributed by atoms with van der Waals surface area (Å²) < 4.78 is 7.79. The fourth-order valence-electron chi connectivity index (χ4n) is 3.77. The average Bonchev–Trinajstić information content (AvgIpc) is 3.32. The number of imidazole rings is 1. The molecule has 6 nitrogen and oxygen atoms in total. The molecule has 4 rings (SSSR count). The van der Waals surface area contributed by atoms with Gasteiger partial charge in [-0.1, -0.05) is 11.8 Å². The molecule has 0 aliphatic carbocycles. The summed E-state index contributed by atoms with van der Waals surface area (Å²) in [5, 5.41) is 4.41. The van der Waals surface area contributed by atoms with Crippen molar-refractivity contribution in [3.63, 3.8) is 0 Å². The van der Waals surface area contributed by atoms with Gasteiger partial charge in [0, 0.05) is 32.5 Å². The maximum Gasteiger partial charge on any atom is 0.289 e. The number of furan rings is 1. The van der Waals surface area contributed by atoms with E-state index < -0.39 is 0 Å². The predicted octanol–water partition coefficient (Wildman–Crippen LogP) is 2.38. The van der Waals surface area contributed by atoms with Gasteiger partial charge in [0.25, 0.3) is 5.91 Å². The lowest BCUT2D eigenvalue weighted by molar-refractivity contribution is 0.0725. The van der Waals surface area contributed by atoms with Crippen molar-refractivity contribution in [3.8, 4) is 0 Å². The second-order valence-electron chi connectivity index (χ2n) is 6.92. The molecule has 0 bridgehead atoms. The average molecular weight is 360 g/mol. The van der Waals surface area contributed by atoms with Gasteiger partial charge in [-0.05, 0) is 49.9 Å². The molecular formula is C18H24N4O2S. The minimum atomic E-state index is 0.0289. The number of aromatic nitrogens is 2. The topological polar surface area (TPSA) is 63.3 Å². The van der Waals surface area contributed by atoms with Crippen LogP contribution in [0.3, 0.4) is 0 Å². The summed E-state index contributed by atoms with van der Waals surface area (Å²) in [4.78, 5) is 19.0. The molecule has 1 amide bonds. The molecule has 25 heavy (non-hydrogen) atoms. The first-order valence-electron chi connectivity index (χ1n) is 8.89. The fourth-order valence-corrected chi connectivity index (χ4v) is 4.60. The van der Waals surface area contributed by atoms with Crippen molar-refractivity contribution in [1.29, 1.82) is 0 Å². The number of amides is 1. The molecule has 1 N–H and O–H groups in total. The molecule has 2 aliphatic heterocycles. The first kappa shape index (κ1) is 16.7. The summed E-state index contributed by atoms with van der Waals surface area (Å²) in [6.45, 7) is 3.86. The number of thioether (sulfide) groups is 1. The van der Waals surface area contributed by atoms with Crippen LogP contribution in [0.15, 0.2) is 34.1 Å². The highest BCUT2D eigenvalue weighted by molar-refractivity contribution is 7.98. The quantitative estimate of drug-likeness (QED) is 0.848. The summed E-state index contributed by atoms with van der Waals surface area (Å²) >= 11 is 1.61. The van der Waals surface area contributed by atoms with E-state index in [9.17, 15) is 4.79 Å². The van der Waals surface area contributed by atoms with Gasteiger partial charge >= 0.3 is 0 Å². The summed E-state index contributed by atoms with van der Waals surface area (Å²) in [6.07, 6.45) is 5.88. The second-order valence-corrected chi connectivity index (χ2v) is 7.87. The van der Waals surface area contributed by atoms with Crippen molar-refractivity contribution in [2.24, 2.45) is 18.9 Å². The number of carbonyl (C=O) groups is 1. The lowest BCUT2D eigenvalue weighted by Gasteiger charge is -2.19. The Bertz CT molecular complexity index is 727. The molecule has 2 atom stereocenters. The van der Waals surface area contributed by atoms with Crippen molar-refractivity contribution in [3.05, 3.63) is 36.0 Å². The lowest BCUT2D eigenvalue weighted by Crippen LogP contribution is -2.32. The SMILES string of the molecule is Cn1ccnc1SCc1ccc(C(=O)N2CC[C@@H]3CNC[C@@H]3CC2)o1. The monoisotopic (exact) mass is 360 g/mol. The van der Waals surface area contributed by atoms with E-state index in [1.54, 1.807) is 18.0 Å². The number of fused-ring (bicyclic) bond motifs is 1. The zero-order chi connectivity index (χ0) is 17.2. The van der Waals surface area contributed by atoms with Gasteiger partial charge in [0.05, 0.1) is 5.75 Å². The minimum Gasteiger partial charge on any atom is -0.455 e. The Balaban J connectivity index is 1.36. The molecule has 7 heteroatoms. The number of carbonyl (C=O) groups excluding carboxylic acids is 1. The predicted molar refractivity (Wildman–Crippen MR) is 96.5 cm³/mol. The number of hydrogen-bond acceptors (Lipinski definition) is 5. The van der Waals surface area contributed by atoms with Gasteiger partial charge in [0.1, 0.15) is 5.76 Å². The van der Waals surface area contributed by atoms with Gasteiger partial charge in [0.2, 0.25) is 0 Å². The number of rotatable bonds is 4. The van der Waals surface area contributed by atoms with Crippen LogP contribution < -0.4 is 5.32 Å². The molecule has 2 aromatic heterocycles. The zero-order valence-corrected chi connectivity index (χ0v) is 15.3. The first-order valence-corrected chi connectivity index (χ1v) is 9.88. The molecule has 0 aromatic carbocycles. The highest BCUT2D eigenvalue weighted by atomic mass is 32.2. The summed E-state index contributed by atoms with van der Waals surface area (Å²) in [5.74, 6) is 3.42. The van der Waals surface area contributed by atoms with Gasteiger partial charge in [0.15, 0.2) is 10.9 Å². The number of aryl methyl sites for hydroxylation is 1. The lowest BCUT2D eigenvalue weighted by atomic mass is 9.92. The van der Waals surface area contributed by atoms with Gasteiger partial charge < -0.3 is 19.2 Å². The van der Waals surface area contributed by atoms with E-state index in [2.05, 4.69) is 10.3 Å². The third-order valence-corrected chi connectivity index (χ3v) is 6.38. The van der Waals surface area contributed by atoms with Crippen molar-refractivity contribution < 1.29 is 9.21 Å². The van der Waals surface area contributed by atoms with Crippen LogP contribution >= 0.6 is 11.8 Å². The molecule has 2 saturated heterocycles. The van der Waals surface area contributed by atoms with Gasteiger partial charge in [-0.25, -0.2) is 4.98 Å². The van der Waals surface area contributed by atoms with E-state index in [0.717, 1.165) is 61.8 Å². The van der Waals surface area contributed by atoms with Crippen LogP contribution in [0, 0.1) is 11.8 Å². The van der Waals surface area contributed by atoms with E-state index in [0.29, 0.717) is 11.5 Å². The second kappa shape index (κ2) is 7.25. The standard InChI is InChI=1S/C18H24N4O2S/c1-21-9-6-20-18(21)25-12-15-2-3-16(24-15)17(23)22-7-4-13-10-19-11-14(13)5-8-22/h2-3,6,9,13-14,19H,4-5,7-8,10-12H2,1H3/t13-,14+. The molecular weight excluding hydrogens is 336 g/mol. The Kier molecular flexibility index (Phi) is 4.85.